The molecule has 0 radical (unpaired) electrons. The third kappa shape index (κ3) is 7.56. The summed E-state index contributed by atoms with van der Waals surface area (Å²) in [5.41, 5.74) is 4.44. The number of nitrogens with one attached hydrogen (secondary N) is 3. The molecular weight excluding hydrogens is 570 g/mol. The number of aliphatic carboxylic acids is 1. The lowest BCUT2D eigenvalue weighted by Crippen LogP contribution is -2.40. The zero-order valence-electron chi connectivity index (χ0n) is 23.7. The summed E-state index contributed by atoms with van der Waals surface area (Å²) < 4.78 is 27.4. The monoisotopic (exact) mass is 603 g/mol. The number of hydrogen-bond acceptors (Lipinski definition) is 6. The smallest absolute Gasteiger partial charge is 0.335 e. The summed E-state index contributed by atoms with van der Waals surface area (Å²) in [4.78, 5) is 39.4. The zero-order chi connectivity index (χ0) is 31.1. The molecule has 0 spiro atoms. The van der Waals surface area contributed by atoms with E-state index in [0.717, 1.165) is 30.2 Å². The molecule has 0 saturated heterocycles. The van der Waals surface area contributed by atoms with Crippen LogP contribution in [0.5, 0.6) is 0 Å². The Morgan fingerprint density at radius 2 is 1.58 bits per heavy atom. The summed E-state index contributed by atoms with van der Waals surface area (Å²) in [5, 5.41) is 22.4. The first-order chi connectivity index (χ1) is 20.5. The highest BCUT2D eigenvalue weighted by atomic mass is 32.2. The molecule has 0 aliphatic carbocycles. The van der Waals surface area contributed by atoms with Crippen LogP contribution in [0.4, 0.5) is 0 Å². The molecule has 43 heavy (non-hydrogen) atoms. The fourth-order valence-corrected chi connectivity index (χ4v) is 6.09. The van der Waals surface area contributed by atoms with Gasteiger partial charge in [-0.3, -0.25) is 9.59 Å². The van der Waals surface area contributed by atoms with Gasteiger partial charge in [0.1, 0.15) is 5.69 Å². The predicted octanol–water partition coefficient (Wildman–Crippen LogP) is 3.97. The van der Waals surface area contributed by atoms with Gasteiger partial charge in [-0.2, -0.15) is 0 Å². The number of carbonyl (C=O) groups is 3. The van der Waals surface area contributed by atoms with Gasteiger partial charge in [0.05, 0.1) is 10.9 Å². The van der Waals surface area contributed by atoms with Crippen LogP contribution >= 0.6 is 0 Å². The maximum absolute atomic E-state index is 13.2. The number of benzene rings is 3. The minimum Gasteiger partial charge on any atom is -0.479 e. The molecule has 0 aliphatic rings. The van der Waals surface area contributed by atoms with E-state index in [1.54, 1.807) is 66.7 Å². The molecule has 2 amide bonds. The number of H-pyrrole nitrogens is 1. The van der Waals surface area contributed by atoms with Crippen LogP contribution in [0.2, 0.25) is 0 Å². The highest BCUT2D eigenvalue weighted by Crippen LogP contribution is 2.28. The number of hydrogen-bond donors (Lipinski definition) is 5. The molecular formula is C32H33N3O7S. The maximum Gasteiger partial charge on any atom is 0.335 e. The van der Waals surface area contributed by atoms with E-state index in [0.29, 0.717) is 29.5 Å². The van der Waals surface area contributed by atoms with Crippen LogP contribution < -0.4 is 10.0 Å². The molecule has 224 valence electrons. The molecule has 2 unspecified atom stereocenters. The van der Waals surface area contributed by atoms with Crippen molar-refractivity contribution in [1.29, 1.82) is 0 Å². The summed E-state index contributed by atoms with van der Waals surface area (Å²) in [7, 11) is -4.04. The van der Waals surface area contributed by atoms with Crippen molar-refractivity contribution in [3.8, 4) is 11.1 Å². The zero-order valence-corrected chi connectivity index (χ0v) is 24.5. The number of aromatic nitrogens is 1. The van der Waals surface area contributed by atoms with Crippen LogP contribution in [0, 0.1) is 0 Å². The van der Waals surface area contributed by atoms with Crippen LogP contribution in [0.1, 0.15) is 59.2 Å². The molecule has 3 aromatic carbocycles. The van der Waals surface area contributed by atoms with Crippen LogP contribution in [-0.4, -0.2) is 47.5 Å². The second kappa shape index (κ2) is 13.5. The number of rotatable bonds is 12. The molecule has 10 nitrogen and oxygen atoms in total. The molecule has 0 saturated carbocycles. The molecule has 4 aromatic rings. The Morgan fingerprint density at radius 1 is 0.930 bits per heavy atom. The minimum atomic E-state index is -4.04. The number of aliphatic hydroxyl groups is 1. The second-order valence-corrected chi connectivity index (χ2v) is 11.8. The van der Waals surface area contributed by atoms with Gasteiger partial charge in [0.2, 0.25) is 5.91 Å². The van der Waals surface area contributed by atoms with Gasteiger partial charge in [-0.15, -0.1) is 0 Å². The largest absolute Gasteiger partial charge is 0.479 e. The predicted molar refractivity (Wildman–Crippen MR) is 161 cm³/mol. The molecule has 0 aliphatic heterocycles. The van der Waals surface area contributed by atoms with E-state index in [9.17, 15) is 33.0 Å². The lowest BCUT2D eigenvalue weighted by atomic mass is 10.00. The van der Waals surface area contributed by atoms with Crippen LogP contribution in [0.3, 0.4) is 0 Å². The Bertz CT molecular complexity index is 1720. The normalized spacial score (nSPS) is 12.7. The Morgan fingerprint density at radius 3 is 2.21 bits per heavy atom. The van der Waals surface area contributed by atoms with Crippen molar-refractivity contribution in [2.45, 2.75) is 50.2 Å². The van der Waals surface area contributed by atoms with Crippen molar-refractivity contribution in [3.05, 3.63) is 113 Å². The summed E-state index contributed by atoms with van der Waals surface area (Å²) in [6, 6.07) is 22.7. The van der Waals surface area contributed by atoms with Gasteiger partial charge >= 0.3 is 5.97 Å². The van der Waals surface area contributed by atoms with Crippen molar-refractivity contribution in [2.75, 3.05) is 0 Å². The molecule has 0 fully saturated rings. The minimum absolute atomic E-state index is 0.00923. The third-order valence-corrected chi connectivity index (χ3v) is 8.36. The number of amides is 2. The van der Waals surface area contributed by atoms with E-state index in [1.807, 2.05) is 23.8 Å². The number of carboxylic acids is 1. The van der Waals surface area contributed by atoms with Crippen LogP contribution in [0.25, 0.3) is 11.1 Å². The quantitative estimate of drug-likeness (QED) is 0.163. The van der Waals surface area contributed by atoms with Gasteiger partial charge in [-0.1, -0.05) is 86.1 Å². The van der Waals surface area contributed by atoms with Crippen molar-refractivity contribution < 1.29 is 33.0 Å². The van der Waals surface area contributed by atoms with E-state index in [-0.39, 0.29) is 10.6 Å². The molecule has 1 heterocycles. The Balaban J connectivity index is 1.58. The van der Waals surface area contributed by atoms with Gasteiger partial charge in [0.15, 0.2) is 6.10 Å². The van der Waals surface area contributed by atoms with Crippen molar-refractivity contribution in [1.82, 2.24) is 15.0 Å². The molecule has 0 bridgehead atoms. The highest BCUT2D eigenvalue weighted by molar-refractivity contribution is 7.90. The molecule has 5 N–H and O–H groups in total. The average molecular weight is 604 g/mol. The number of sulfonamides is 1. The van der Waals surface area contributed by atoms with Gasteiger partial charge in [-0.25, -0.2) is 17.9 Å². The second-order valence-electron chi connectivity index (χ2n) is 10.1. The Labute approximate surface area is 249 Å². The first kappa shape index (κ1) is 31.2. The number of aromatic amines is 1. The molecule has 1 aromatic heterocycles. The first-order valence-corrected chi connectivity index (χ1v) is 15.2. The first-order valence-electron chi connectivity index (χ1n) is 13.7. The summed E-state index contributed by atoms with van der Waals surface area (Å²) in [6.45, 7) is 3.16. The SMILES string of the molecule is CCCc1cc(C(=O)NC(c2ccccc2)C(O)C(=O)O)[nH]c1Cc1ccc(-c2ccccc2S(=O)(=O)NC(C)=O)cc1. The van der Waals surface area contributed by atoms with Gasteiger partial charge in [0, 0.05) is 24.6 Å². The Hall–Kier alpha value is -4.74. The molecule has 11 heteroatoms. The van der Waals surface area contributed by atoms with E-state index in [2.05, 4.69) is 10.3 Å². The third-order valence-electron chi connectivity index (χ3n) is 6.87. The average Bonchev–Trinajstić information content (AvgIpc) is 3.38. The summed E-state index contributed by atoms with van der Waals surface area (Å²) in [6.07, 6.45) is 0.141. The molecule has 4 rings (SSSR count). The van der Waals surface area contributed by atoms with Crippen molar-refractivity contribution in [3.63, 3.8) is 0 Å². The number of carbonyl (C=O) groups excluding carboxylic acids is 2. The number of carboxylic acid groups (broad SMARTS) is 1. The van der Waals surface area contributed by atoms with Gasteiger partial charge < -0.3 is 20.5 Å². The standard InChI is InChI=1S/C32H33N3O7S/c1-3-9-24-19-27(31(38)34-29(30(37)32(39)40)23-10-5-4-6-11-23)33-26(24)18-21-14-16-22(17-15-21)25-12-7-8-13-28(25)43(41,42)35-20(2)36/h4-8,10-17,19,29-30,33,37H,3,9,18H2,1-2H3,(H,34,38)(H,35,36)(H,39,40). The lowest BCUT2D eigenvalue weighted by molar-refractivity contribution is -0.148. The van der Waals surface area contributed by atoms with E-state index < -0.39 is 40.0 Å². The Kier molecular flexibility index (Phi) is 9.79. The van der Waals surface area contributed by atoms with E-state index in [1.165, 1.54) is 6.07 Å². The summed E-state index contributed by atoms with van der Waals surface area (Å²) in [5.74, 6) is -2.68. The highest BCUT2D eigenvalue weighted by Gasteiger charge is 2.30. The van der Waals surface area contributed by atoms with Gasteiger partial charge in [-0.05, 0) is 40.8 Å². The number of aryl methyl sites for hydroxylation is 1. The van der Waals surface area contributed by atoms with E-state index in [4.69, 9.17) is 0 Å². The van der Waals surface area contributed by atoms with Crippen molar-refractivity contribution in [2.24, 2.45) is 0 Å². The fourth-order valence-electron chi connectivity index (χ4n) is 4.87. The van der Waals surface area contributed by atoms with Crippen LogP contribution in [-0.2, 0) is 32.5 Å². The maximum atomic E-state index is 13.2. The fraction of sp³-hybridized carbons (Fsp3) is 0.219. The lowest BCUT2D eigenvalue weighted by Gasteiger charge is -2.21. The van der Waals surface area contributed by atoms with E-state index >= 15 is 0 Å². The van der Waals surface area contributed by atoms with Gasteiger partial charge in [0.25, 0.3) is 15.9 Å². The molecule has 2 atom stereocenters. The van der Waals surface area contributed by atoms with Crippen molar-refractivity contribution >= 4 is 27.8 Å². The van der Waals surface area contributed by atoms with Crippen LogP contribution in [0.15, 0.2) is 89.8 Å². The summed E-state index contributed by atoms with van der Waals surface area (Å²) >= 11 is 0. The number of aliphatic hydroxyl groups excluding tert-OH is 1. The topological polar surface area (TPSA) is 166 Å².